The number of nitrogens with one attached hydrogen (secondary N) is 1. The van der Waals surface area contributed by atoms with Gasteiger partial charge in [0.05, 0.1) is 18.3 Å². The highest BCUT2D eigenvalue weighted by Gasteiger charge is 2.28. The van der Waals surface area contributed by atoms with E-state index in [4.69, 9.17) is 4.74 Å². The van der Waals surface area contributed by atoms with E-state index in [1.54, 1.807) is 11.8 Å². The summed E-state index contributed by atoms with van der Waals surface area (Å²) in [5.74, 6) is 0. The molecular formula is C14H28N2O3. The number of rotatable bonds is 4. The Hall–Kier alpha value is -0.810. The van der Waals surface area contributed by atoms with Crippen molar-refractivity contribution in [3.05, 3.63) is 0 Å². The van der Waals surface area contributed by atoms with Gasteiger partial charge in [0.2, 0.25) is 0 Å². The lowest BCUT2D eigenvalue weighted by molar-refractivity contribution is -0.0409. The van der Waals surface area contributed by atoms with Crippen LogP contribution in [0.15, 0.2) is 0 Å². The fraction of sp³-hybridized carbons (Fsp3) is 0.929. The molecule has 0 aliphatic carbocycles. The van der Waals surface area contributed by atoms with Gasteiger partial charge in [-0.1, -0.05) is 0 Å². The Kier molecular flexibility index (Phi) is 6.07. The van der Waals surface area contributed by atoms with Crippen LogP contribution in [0.5, 0.6) is 0 Å². The number of ether oxygens (including phenoxy) is 1. The van der Waals surface area contributed by atoms with Crippen molar-refractivity contribution in [3.8, 4) is 0 Å². The maximum absolute atomic E-state index is 12.3. The first-order valence-electron chi connectivity index (χ1n) is 7.20. The summed E-state index contributed by atoms with van der Waals surface area (Å²) in [5, 5.41) is 12.5. The van der Waals surface area contributed by atoms with E-state index in [0.717, 1.165) is 12.8 Å². The van der Waals surface area contributed by atoms with Gasteiger partial charge in [-0.2, -0.15) is 0 Å². The summed E-state index contributed by atoms with van der Waals surface area (Å²) < 4.78 is 5.67. The zero-order valence-electron chi connectivity index (χ0n) is 12.7. The average molecular weight is 272 g/mol. The van der Waals surface area contributed by atoms with Crippen molar-refractivity contribution in [3.63, 3.8) is 0 Å². The molecule has 5 nitrogen and oxygen atoms in total. The van der Waals surface area contributed by atoms with E-state index in [2.05, 4.69) is 5.32 Å². The summed E-state index contributed by atoms with van der Waals surface area (Å²) in [5.41, 5.74) is 0. The molecule has 0 saturated carbocycles. The molecule has 3 atom stereocenters. The highest BCUT2D eigenvalue weighted by Crippen LogP contribution is 2.19. The van der Waals surface area contributed by atoms with Crippen molar-refractivity contribution >= 4 is 6.03 Å². The van der Waals surface area contributed by atoms with E-state index in [9.17, 15) is 9.90 Å². The van der Waals surface area contributed by atoms with Crippen LogP contribution in [0.1, 0.15) is 47.5 Å². The summed E-state index contributed by atoms with van der Waals surface area (Å²) in [6, 6.07) is 0.132. The number of amides is 2. The molecule has 0 spiro atoms. The Morgan fingerprint density at radius 1 is 1.32 bits per heavy atom. The molecule has 112 valence electrons. The van der Waals surface area contributed by atoms with Crippen LogP contribution in [0.3, 0.4) is 0 Å². The monoisotopic (exact) mass is 272 g/mol. The van der Waals surface area contributed by atoms with Crippen LogP contribution < -0.4 is 5.32 Å². The van der Waals surface area contributed by atoms with Crippen molar-refractivity contribution in [1.82, 2.24) is 10.2 Å². The number of hydrogen-bond acceptors (Lipinski definition) is 3. The molecule has 3 unspecified atom stereocenters. The molecule has 1 heterocycles. The van der Waals surface area contributed by atoms with Crippen LogP contribution >= 0.6 is 0 Å². The lowest BCUT2D eigenvalue weighted by Crippen LogP contribution is -2.52. The minimum Gasteiger partial charge on any atom is -0.392 e. The van der Waals surface area contributed by atoms with Crippen LogP contribution in [-0.4, -0.2) is 53.0 Å². The molecule has 0 radical (unpaired) electrons. The zero-order valence-corrected chi connectivity index (χ0v) is 12.7. The lowest BCUT2D eigenvalue weighted by Gasteiger charge is -2.35. The summed E-state index contributed by atoms with van der Waals surface area (Å²) in [6.07, 6.45) is 1.53. The topological polar surface area (TPSA) is 61.8 Å². The normalized spacial score (nSPS) is 29.1. The molecule has 0 aromatic rings. The van der Waals surface area contributed by atoms with E-state index in [0.29, 0.717) is 6.54 Å². The fourth-order valence-electron chi connectivity index (χ4n) is 2.59. The van der Waals surface area contributed by atoms with Gasteiger partial charge in [0.15, 0.2) is 0 Å². The highest BCUT2D eigenvalue weighted by atomic mass is 16.5. The van der Waals surface area contributed by atoms with Crippen LogP contribution in [0.25, 0.3) is 0 Å². The van der Waals surface area contributed by atoms with Crippen LogP contribution in [-0.2, 0) is 4.74 Å². The molecule has 0 bridgehead atoms. The van der Waals surface area contributed by atoms with Crippen molar-refractivity contribution in [2.75, 3.05) is 6.54 Å². The average Bonchev–Trinajstić information content (AvgIpc) is 2.23. The maximum Gasteiger partial charge on any atom is 0.317 e. The second-order valence-electron chi connectivity index (χ2n) is 5.97. The second kappa shape index (κ2) is 7.10. The molecule has 2 amide bonds. The number of nitrogens with zero attached hydrogens (tertiary/aromatic N) is 1. The van der Waals surface area contributed by atoms with Gasteiger partial charge in [-0.15, -0.1) is 0 Å². The molecule has 1 aliphatic rings. The van der Waals surface area contributed by atoms with Crippen LogP contribution in [0.2, 0.25) is 0 Å². The quantitative estimate of drug-likeness (QED) is 0.819. The summed E-state index contributed by atoms with van der Waals surface area (Å²) in [7, 11) is 0. The number of aliphatic hydroxyl groups excluding tert-OH is 1. The van der Waals surface area contributed by atoms with Crippen molar-refractivity contribution in [2.45, 2.75) is 77.9 Å². The van der Waals surface area contributed by atoms with Gasteiger partial charge in [0.1, 0.15) is 0 Å². The highest BCUT2D eigenvalue weighted by molar-refractivity contribution is 5.74. The first-order chi connectivity index (χ1) is 8.79. The molecule has 5 heteroatoms. The SMILES string of the molecule is CC(O)CN(C(=O)NC1CC(C)OC(C)C1)C(C)C. The predicted molar refractivity (Wildman–Crippen MR) is 75.1 cm³/mol. The van der Waals surface area contributed by atoms with Crippen LogP contribution in [0.4, 0.5) is 4.79 Å². The van der Waals surface area contributed by atoms with Gasteiger partial charge in [0.25, 0.3) is 0 Å². The van der Waals surface area contributed by atoms with Crippen molar-refractivity contribution in [1.29, 1.82) is 0 Å². The third kappa shape index (κ3) is 5.37. The standard InChI is InChI=1S/C14H28N2O3/c1-9(2)16(8-10(3)17)14(18)15-13-6-11(4)19-12(5)7-13/h9-13,17H,6-8H2,1-5H3,(H,15,18). The first-order valence-corrected chi connectivity index (χ1v) is 7.20. The molecule has 1 aliphatic heterocycles. The van der Waals surface area contributed by atoms with Gasteiger partial charge in [-0.25, -0.2) is 4.79 Å². The molecular weight excluding hydrogens is 244 g/mol. The lowest BCUT2D eigenvalue weighted by atomic mass is 10.00. The second-order valence-corrected chi connectivity index (χ2v) is 5.97. The molecule has 0 aromatic carbocycles. The van der Waals surface area contributed by atoms with Gasteiger partial charge >= 0.3 is 6.03 Å². The summed E-state index contributed by atoms with van der Waals surface area (Å²) >= 11 is 0. The summed E-state index contributed by atoms with van der Waals surface area (Å²) in [6.45, 7) is 10.0. The zero-order chi connectivity index (χ0) is 14.6. The number of hydrogen-bond donors (Lipinski definition) is 2. The van der Waals surface area contributed by atoms with E-state index in [-0.39, 0.29) is 30.3 Å². The molecule has 2 N–H and O–H groups in total. The first kappa shape index (κ1) is 16.2. The number of carbonyl (C=O) groups excluding carboxylic acids is 1. The number of aliphatic hydroxyl groups is 1. The van der Waals surface area contributed by atoms with Gasteiger partial charge in [0, 0.05) is 18.6 Å². The van der Waals surface area contributed by atoms with E-state index in [1.165, 1.54) is 0 Å². The van der Waals surface area contributed by atoms with Gasteiger partial charge < -0.3 is 20.1 Å². The fourth-order valence-corrected chi connectivity index (χ4v) is 2.59. The summed E-state index contributed by atoms with van der Waals surface area (Å²) in [4.78, 5) is 13.9. The van der Waals surface area contributed by atoms with Gasteiger partial charge in [-0.3, -0.25) is 0 Å². The Bertz CT molecular complexity index is 284. The minimum atomic E-state index is -0.513. The van der Waals surface area contributed by atoms with E-state index >= 15 is 0 Å². The van der Waals surface area contributed by atoms with Crippen molar-refractivity contribution < 1.29 is 14.6 Å². The third-order valence-corrected chi connectivity index (χ3v) is 3.37. The Morgan fingerprint density at radius 3 is 2.26 bits per heavy atom. The molecule has 0 aromatic heterocycles. The van der Waals surface area contributed by atoms with Crippen molar-refractivity contribution in [2.24, 2.45) is 0 Å². The Balaban J connectivity index is 2.55. The largest absolute Gasteiger partial charge is 0.392 e. The minimum absolute atomic E-state index is 0.0734. The third-order valence-electron chi connectivity index (χ3n) is 3.37. The molecule has 1 fully saturated rings. The molecule has 1 rings (SSSR count). The van der Waals surface area contributed by atoms with Crippen LogP contribution in [0, 0.1) is 0 Å². The van der Waals surface area contributed by atoms with E-state index in [1.807, 2.05) is 27.7 Å². The maximum atomic E-state index is 12.3. The molecule has 1 saturated heterocycles. The number of urea groups is 1. The Labute approximate surface area is 116 Å². The smallest absolute Gasteiger partial charge is 0.317 e. The predicted octanol–water partition coefficient (Wildman–Crippen LogP) is 1.74. The molecule has 19 heavy (non-hydrogen) atoms. The van der Waals surface area contributed by atoms with E-state index < -0.39 is 6.10 Å². The Morgan fingerprint density at radius 2 is 1.84 bits per heavy atom. The van der Waals surface area contributed by atoms with Gasteiger partial charge in [-0.05, 0) is 47.5 Å². The number of carbonyl (C=O) groups is 1.